The molecule has 2 heterocycles. The number of para-hydroxylation sites is 1. The lowest BCUT2D eigenvalue weighted by atomic mass is 9.94. The zero-order chi connectivity index (χ0) is 17.3. The Hall–Kier alpha value is -3.23. The van der Waals surface area contributed by atoms with Gasteiger partial charge in [-0.25, -0.2) is 9.48 Å². The van der Waals surface area contributed by atoms with Crippen molar-refractivity contribution in [3.05, 3.63) is 57.5 Å². The van der Waals surface area contributed by atoms with Gasteiger partial charge in [-0.15, -0.1) is 0 Å². The van der Waals surface area contributed by atoms with Crippen LogP contribution in [0.2, 0.25) is 0 Å². The van der Waals surface area contributed by atoms with Gasteiger partial charge in [0.1, 0.15) is 12.4 Å². The lowest BCUT2D eigenvalue weighted by Gasteiger charge is -2.27. The number of hydrogen-bond donors (Lipinski definition) is 1. The maximum absolute atomic E-state index is 12.5. The van der Waals surface area contributed by atoms with E-state index in [0.717, 1.165) is 0 Å². The van der Waals surface area contributed by atoms with Gasteiger partial charge in [0.15, 0.2) is 0 Å². The molecule has 2 aromatic rings. The first-order valence-electron chi connectivity index (χ1n) is 7.32. The van der Waals surface area contributed by atoms with Crippen LogP contribution in [-0.2, 0) is 9.53 Å². The molecule has 0 fully saturated rings. The third kappa shape index (κ3) is 2.49. The van der Waals surface area contributed by atoms with Crippen LogP contribution >= 0.6 is 0 Å². The number of fused-ring (bicyclic) bond motifs is 1. The Morgan fingerprint density at radius 2 is 2.21 bits per heavy atom. The monoisotopic (exact) mass is 329 g/mol. The number of carbonyl (C=O) groups is 1. The topological polar surface area (TPSA) is 112 Å². The molecule has 0 spiro atoms. The molecule has 0 bridgehead atoms. The standard InChI is InChI=1S/C15H15N5O4/c1-3-24-14(21)12-9(2)18-15-16-8-17-19(15)13(12)10-6-4-5-7-11(10)20(22)23/h4-8,13H,3H2,1-2H3,(H,16,17,18)/t13-/m0/s1. The zero-order valence-corrected chi connectivity index (χ0v) is 13.1. The van der Waals surface area contributed by atoms with Gasteiger partial charge in [0.2, 0.25) is 5.95 Å². The molecule has 24 heavy (non-hydrogen) atoms. The summed E-state index contributed by atoms with van der Waals surface area (Å²) >= 11 is 0. The minimum atomic E-state index is -0.788. The van der Waals surface area contributed by atoms with Gasteiger partial charge in [0, 0.05) is 11.8 Å². The van der Waals surface area contributed by atoms with Crippen LogP contribution in [0.15, 0.2) is 41.9 Å². The second-order valence-corrected chi connectivity index (χ2v) is 5.13. The number of esters is 1. The number of anilines is 1. The fraction of sp³-hybridized carbons (Fsp3) is 0.267. The lowest BCUT2D eigenvalue weighted by Crippen LogP contribution is -2.30. The molecular weight excluding hydrogens is 314 g/mol. The molecule has 0 unspecified atom stereocenters. The van der Waals surface area contributed by atoms with Crippen molar-refractivity contribution in [3.8, 4) is 0 Å². The SMILES string of the molecule is CCOC(=O)C1=C(C)Nc2ncnn2[C@H]1c1ccccc1[N+](=O)[O-]. The molecule has 0 saturated heterocycles. The van der Waals surface area contributed by atoms with Crippen LogP contribution in [0.5, 0.6) is 0 Å². The molecule has 1 aromatic carbocycles. The number of aromatic nitrogens is 3. The summed E-state index contributed by atoms with van der Waals surface area (Å²) in [6.45, 7) is 3.60. The van der Waals surface area contributed by atoms with Crippen LogP contribution in [0.4, 0.5) is 11.6 Å². The van der Waals surface area contributed by atoms with E-state index < -0.39 is 16.9 Å². The number of carbonyl (C=O) groups excluding carboxylic acids is 1. The van der Waals surface area contributed by atoms with Gasteiger partial charge in [-0.1, -0.05) is 12.1 Å². The number of hydrogen-bond acceptors (Lipinski definition) is 7. The highest BCUT2D eigenvalue weighted by Gasteiger charge is 2.37. The Kier molecular flexibility index (Phi) is 3.98. The Labute approximate surface area is 137 Å². The van der Waals surface area contributed by atoms with E-state index in [1.807, 2.05) is 0 Å². The molecule has 0 amide bonds. The van der Waals surface area contributed by atoms with E-state index in [-0.39, 0.29) is 17.9 Å². The summed E-state index contributed by atoms with van der Waals surface area (Å²) in [5.74, 6) is -0.143. The Morgan fingerprint density at radius 3 is 2.92 bits per heavy atom. The van der Waals surface area contributed by atoms with Gasteiger partial charge >= 0.3 is 5.97 Å². The van der Waals surface area contributed by atoms with Crippen molar-refractivity contribution in [3.63, 3.8) is 0 Å². The highest BCUT2D eigenvalue weighted by atomic mass is 16.6. The number of nitro benzene ring substituents is 1. The summed E-state index contributed by atoms with van der Waals surface area (Å²) < 4.78 is 6.57. The minimum absolute atomic E-state index is 0.0968. The normalized spacial score (nSPS) is 16.3. The molecule has 1 atom stereocenters. The van der Waals surface area contributed by atoms with Gasteiger partial charge in [-0.05, 0) is 19.9 Å². The molecule has 3 rings (SSSR count). The molecule has 124 valence electrons. The Morgan fingerprint density at radius 1 is 1.46 bits per heavy atom. The van der Waals surface area contributed by atoms with Crippen molar-refractivity contribution in [2.75, 3.05) is 11.9 Å². The molecule has 1 aromatic heterocycles. The predicted octanol–water partition coefficient (Wildman–Crippen LogP) is 2.04. The summed E-state index contributed by atoms with van der Waals surface area (Å²) in [6.07, 6.45) is 1.32. The van der Waals surface area contributed by atoms with Crippen LogP contribution in [0, 0.1) is 10.1 Å². The first kappa shape index (κ1) is 15.7. The number of benzene rings is 1. The van der Waals surface area contributed by atoms with Gasteiger partial charge in [-0.3, -0.25) is 10.1 Å². The highest BCUT2D eigenvalue weighted by molar-refractivity contribution is 5.92. The molecule has 9 nitrogen and oxygen atoms in total. The van der Waals surface area contributed by atoms with E-state index in [4.69, 9.17) is 4.74 Å². The maximum Gasteiger partial charge on any atom is 0.338 e. The van der Waals surface area contributed by atoms with E-state index in [1.54, 1.807) is 32.0 Å². The van der Waals surface area contributed by atoms with Crippen molar-refractivity contribution in [2.24, 2.45) is 0 Å². The number of allylic oxidation sites excluding steroid dienone is 1. The van der Waals surface area contributed by atoms with E-state index in [9.17, 15) is 14.9 Å². The maximum atomic E-state index is 12.5. The van der Waals surface area contributed by atoms with Crippen LogP contribution in [0.3, 0.4) is 0 Å². The predicted molar refractivity (Wildman–Crippen MR) is 84.2 cm³/mol. The van der Waals surface area contributed by atoms with E-state index in [0.29, 0.717) is 17.2 Å². The first-order valence-corrected chi connectivity index (χ1v) is 7.32. The van der Waals surface area contributed by atoms with Gasteiger partial charge in [0.25, 0.3) is 5.69 Å². The number of ether oxygens (including phenoxy) is 1. The third-order valence-electron chi connectivity index (χ3n) is 3.72. The van der Waals surface area contributed by atoms with Crippen LogP contribution in [0.1, 0.15) is 25.5 Å². The van der Waals surface area contributed by atoms with Gasteiger partial charge < -0.3 is 10.1 Å². The second kappa shape index (κ2) is 6.11. The van der Waals surface area contributed by atoms with Crippen molar-refractivity contribution < 1.29 is 14.5 Å². The fourth-order valence-corrected chi connectivity index (χ4v) is 2.74. The number of nitro groups is 1. The second-order valence-electron chi connectivity index (χ2n) is 5.13. The van der Waals surface area contributed by atoms with Gasteiger partial charge in [-0.2, -0.15) is 10.1 Å². The van der Waals surface area contributed by atoms with Crippen molar-refractivity contribution in [1.82, 2.24) is 14.8 Å². The lowest BCUT2D eigenvalue weighted by molar-refractivity contribution is -0.385. The third-order valence-corrected chi connectivity index (χ3v) is 3.72. The van der Waals surface area contributed by atoms with Crippen LogP contribution in [0.25, 0.3) is 0 Å². The van der Waals surface area contributed by atoms with Crippen molar-refractivity contribution in [1.29, 1.82) is 0 Å². The molecular formula is C15H15N5O4. The molecule has 1 N–H and O–H groups in total. The number of nitrogens with one attached hydrogen (secondary N) is 1. The summed E-state index contributed by atoms with van der Waals surface area (Å²) in [6, 6.07) is 5.47. The van der Waals surface area contributed by atoms with Gasteiger partial charge in [0.05, 0.1) is 22.7 Å². The average Bonchev–Trinajstić information content (AvgIpc) is 3.01. The van der Waals surface area contributed by atoms with Crippen LogP contribution in [-0.4, -0.2) is 32.3 Å². The number of nitrogens with zero attached hydrogens (tertiary/aromatic N) is 4. The zero-order valence-electron chi connectivity index (χ0n) is 13.1. The summed E-state index contributed by atoms with van der Waals surface area (Å²) in [5, 5.41) is 18.5. The van der Waals surface area contributed by atoms with E-state index >= 15 is 0 Å². The molecule has 0 aliphatic carbocycles. The van der Waals surface area contributed by atoms with E-state index in [1.165, 1.54) is 17.1 Å². The largest absolute Gasteiger partial charge is 0.463 e. The van der Waals surface area contributed by atoms with Crippen LogP contribution < -0.4 is 5.32 Å². The fourth-order valence-electron chi connectivity index (χ4n) is 2.74. The minimum Gasteiger partial charge on any atom is -0.463 e. The first-order chi connectivity index (χ1) is 11.5. The molecule has 1 aliphatic heterocycles. The van der Waals surface area contributed by atoms with Crippen molar-refractivity contribution in [2.45, 2.75) is 19.9 Å². The quantitative estimate of drug-likeness (QED) is 0.519. The molecule has 9 heteroatoms. The molecule has 0 saturated carbocycles. The van der Waals surface area contributed by atoms with E-state index in [2.05, 4.69) is 15.4 Å². The summed E-state index contributed by atoms with van der Waals surface area (Å²) in [7, 11) is 0. The summed E-state index contributed by atoms with van der Waals surface area (Å²) in [5.41, 5.74) is 1.04. The smallest absolute Gasteiger partial charge is 0.338 e. The number of rotatable bonds is 4. The molecule has 1 aliphatic rings. The van der Waals surface area contributed by atoms with Crippen molar-refractivity contribution >= 4 is 17.6 Å². The highest BCUT2D eigenvalue weighted by Crippen LogP contribution is 2.38. The average molecular weight is 329 g/mol. The summed E-state index contributed by atoms with van der Waals surface area (Å²) in [4.78, 5) is 27.5. The Balaban J connectivity index is 2.22. The Bertz CT molecular complexity index is 842. The molecule has 0 radical (unpaired) electrons.